The monoisotopic (exact) mass is 408 g/mol. The van der Waals surface area contributed by atoms with E-state index >= 15 is 0 Å². The largest absolute Gasteiger partial charge is 0.615 e. The predicted molar refractivity (Wildman–Crippen MR) is 99.3 cm³/mol. The molecule has 4 atom stereocenters. The number of nitrogens with one attached hydrogen (secondary N) is 1. The number of carbonyl (C=O) groups is 2. The molecule has 1 heterocycles. The van der Waals surface area contributed by atoms with Crippen LogP contribution in [0.15, 0.2) is 36.0 Å². The molecule has 4 unspecified atom stereocenters. The van der Waals surface area contributed by atoms with Crippen molar-refractivity contribution in [3.63, 3.8) is 0 Å². The zero-order valence-corrected chi connectivity index (χ0v) is 16.0. The zero-order chi connectivity index (χ0) is 20.5. The highest BCUT2D eigenvalue weighted by molar-refractivity contribution is 7.98. The lowest BCUT2D eigenvalue weighted by Crippen LogP contribution is -2.55. The van der Waals surface area contributed by atoms with Gasteiger partial charge in [0.15, 0.2) is 5.78 Å². The highest BCUT2D eigenvalue weighted by Crippen LogP contribution is 2.32. The Kier molecular flexibility index (Phi) is 5.61. The molecular weight excluding hydrogens is 388 g/mol. The molecule has 1 saturated carbocycles. The third kappa shape index (κ3) is 4.12. The molecule has 0 amide bonds. The van der Waals surface area contributed by atoms with Crippen LogP contribution in [-0.2, 0) is 24.0 Å². The summed E-state index contributed by atoms with van der Waals surface area (Å²) in [5.74, 6) is -1.13. The molecule has 0 bridgehead atoms. The average Bonchev–Trinajstić information content (AvgIpc) is 2.68. The van der Waals surface area contributed by atoms with E-state index in [1.165, 1.54) is 24.3 Å². The number of morpholine rings is 1. The maximum absolute atomic E-state index is 12.4. The third-order valence-electron chi connectivity index (χ3n) is 5.11. The van der Waals surface area contributed by atoms with Gasteiger partial charge in [-0.05, 0) is 31.9 Å². The number of ether oxygens (including phenoxy) is 1. The van der Waals surface area contributed by atoms with E-state index in [9.17, 15) is 28.5 Å². The third-order valence-corrected chi connectivity index (χ3v) is 7.35. The van der Waals surface area contributed by atoms with Crippen molar-refractivity contribution < 1.29 is 28.0 Å². The normalized spacial score (nSPS) is 27.9. The number of benzene rings is 1. The van der Waals surface area contributed by atoms with Crippen molar-refractivity contribution in [1.29, 1.82) is 0 Å². The Balaban J connectivity index is 1.75. The quantitative estimate of drug-likeness (QED) is 0.194. The van der Waals surface area contributed by atoms with Gasteiger partial charge in [-0.1, -0.05) is 0 Å². The minimum absolute atomic E-state index is 0.0425. The molecule has 2 aliphatic rings. The number of hydrogen-bond donors (Lipinski definition) is 1. The van der Waals surface area contributed by atoms with Crippen molar-refractivity contribution >= 4 is 27.7 Å². The summed E-state index contributed by atoms with van der Waals surface area (Å²) in [4.78, 5) is 34.7. The lowest BCUT2D eigenvalue weighted by Gasteiger charge is -2.40. The van der Waals surface area contributed by atoms with E-state index in [-0.39, 0.29) is 28.7 Å². The van der Waals surface area contributed by atoms with Crippen molar-refractivity contribution in [3.05, 3.63) is 51.7 Å². The standard InChI is InChI=1S/C18H20N2O7S/c1-2-28(25,26)13-7-8-17-14(9-13)19-15(18(22)27-17)10-16(21)11-3-5-12(6-4-11)20(23)24/h3-6,10,13-14,17H,2,7-9H2,1H3,(H-,19,21,25,26). The second-order valence-electron chi connectivity index (χ2n) is 6.81. The maximum Gasteiger partial charge on any atom is 0.354 e. The van der Waals surface area contributed by atoms with Crippen LogP contribution in [0.1, 0.15) is 36.5 Å². The van der Waals surface area contributed by atoms with E-state index in [1.807, 2.05) is 0 Å². The Morgan fingerprint density at radius 2 is 2.04 bits per heavy atom. The molecule has 0 aromatic heterocycles. The number of hydrogen-bond acceptors (Lipinski definition) is 8. The minimum atomic E-state index is -3.20. The first-order valence-corrected chi connectivity index (χ1v) is 10.6. The summed E-state index contributed by atoms with van der Waals surface area (Å²) in [6, 6.07) is 4.64. The van der Waals surface area contributed by atoms with Gasteiger partial charge in [0.1, 0.15) is 22.8 Å². The number of esters is 1. The van der Waals surface area contributed by atoms with Crippen molar-refractivity contribution in [2.24, 2.45) is 0 Å². The molecule has 1 N–H and O–H groups in total. The van der Waals surface area contributed by atoms with Gasteiger partial charge in [0.05, 0.1) is 11.0 Å². The van der Waals surface area contributed by atoms with Gasteiger partial charge in [-0.3, -0.25) is 14.9 Å². The molecule has 1 aliphatic carbocycles. The van der Waals surface area contributed by atoms with Crippen LogP contribution in [0.2, 0.25) is 0 Å². The second kappa shape index (κ2) is 7.80. The highest BCUT2D eigenvalue weighted by atomic mass is 32.3. The number of fused-ring (bicyclic) bond motifs is 1. The molecule has 2 fully saturated rings. The van der Waals surface area contributed by atoms with Gasteiger partial charge >= 0.3 is 5.97 Å². The molecular formula is C18H20N2O7S. The first-order chi connectivity index (χ1) is 13.2. The number of ketones is 1. The molecule has 0 spiro atoms. The van der Waals surface area contributed by atoms with Crippen molar-refractivity contribution in [2.45, 2.75) is 43.6 Å². The number of sulfone groups is 1. The fourth-order valence-corrected chi connectivity index (χ4v) is 4.95. The van der Waals surface area contributed by atoms with Crippen LogP contribution < -0.4 is 5.32 Å². The Labute approximate surface area is 162 Å². The van der Waals surface area contributed by atoms with Crippen LogP contribution in [0.25, 0.3) is 0 Å². The smallest absolute Gasteiger partial charge is 0.354 e. The summed E-state index contributed by atoms with van der Waals surface area (Å²) in [6.07, 6.45) is 1.83. The summed E-state index contributed by atoms with van der Waals surface area (Å²) < 4.78 is 29.7. The molecule has 1 saturated heterocycles. The van der Waals surface area contributed by atoms with Gasteiger partial charge in [-0.25, -0.2) is 4.79 Å². The Hall–Kier alpha value is -2.59. The number of carbonyl (C=O) groups excluding carboxylic acids is 2. The van der Waals surface area contributed by atoms with Gasteiger partial charge in [-0.15, -0.1) is 4.21 Å². The van der Waals surface area contributed by atoms with E-state index in [0.29, 0.717) is 19.3 Å². The Morgan fingerprint density at radius 3 is 2.64 bits per heavy atom. The molecule has 150 valence electrons. The summed E-state index contributed by atoms with van der Waals surface area (Å²) in [6.45, 7) is 1.60. The first-order valence-electron chi connectivity index (χ1n) is 8.91. The highest BCUT2D eigenvalue weighted by Gasteiger charge is 2.43. The van der Waals surface area contributed by atoms with Crippen LogP contribution in [0, 0.1) is 10.1 Å². The number of non-ortho nitro benzene ring substituents is 1. The van der Waals surface area contributed by atoms with Crippen LogP contribution >= 0.6 is 0 Å². The topological polar surface area (TPSA) is 139 Å². The van der Waals surface area contributed by atoms with Crippen molar-refractivity contribution in [3.8, 4) is 0 Å². The lowest BCUT2D eigenvalue weighted by atomic mass is 9.90. The molecule has 10 heteroatoms. The zero-order valence-electron chi connectivity index (χ0n) is 15.2. The number of allylic oxidation sites excluding steroid dienone is 1. The number of nitro groups is 1. The van der Waals surface area contributed by atoms with Gasteiger partial charge in [0.25, 0.3) is 5.69 Å². The van der Waals surface area contributed by atoms with E-state index < -0.39 is 38.2 Å². The Morgan fingerprint density at radius 1 is 1.36 bits per heavy atom. The van der Waals surface area contributed by atoms with Gasteiger partial charge in [0, 0.05) is 40.4 Å². The predicted octanol–water partition coefficient (Wildman–Crippen LogP) is 1.75. The fraction of sp³-hybridized carbons (Fsp3) is 0.444. The van der Waals surface area contributed by atoms with Gasteiger partial charge in [0.2, 0.25) is 0 Å². The average molecular weight is 408 g/mol. The van der Waals surface area contributed by atoms with Crippen LogP contribution in [0.4, 0.5) is 5.69 Å². The molecule has 28 heavy (non-hydrogen) atoms. The molecule has 9 nitrogen and oxygen atoms in total. The molecule has 1 aliphatic heterocycles. The number of nitro benzene ring substituents is 1. The van der Waals surface area contributed by atoms with E-state index in [0.717, 1.165) is 6.08 Å². The lowest BCUT2D eigenvalue weighted by molar-refractivity contribution is -0.384. The van der Waals surface area contributed by atoms with Gasteiger partial charge in [-0.2, -0.15) is 0 Å². The van der Waals surface area contributed by atoms with Crippen LogP contribution in [-0.4, -0.2) is 44.4 Å². The summed E-state index contributed by atoms with van der Waals surface area (Å²) in [5.41, 5.74) is -0.00307. The van der Waals surface area contributed by atoms with Crippen LogP contribution in [0.5, 0.6) is 0 Å². The number of nitrogens with zero attached hydrogens (tertiary/aromatic N) is 1. The minimum Gasteiger partial charge on any atom is -0.615 e. The Bertz CT molecular complexity index is 880. The molecule has 1 aromatic rings. The SMILES string of the molecule is CC[S+](=O)([O-])C1CCC2OC(=O)/C(=C/C(=O)c3ccc([N+](=O)[O-])cc3)NC2C1. The van der Waals surface area contributed by atoms with Gasteiger partial charge < -0.3 is 14.6 Å². The second-order valence-corrected chi connectivity index (χ2v) is 9.38. The van der Waals surface area contributed by atoms with Crippen LogP contribution in [0.3, 0.4) is 0 Å². The van der Waals surface area contributed by atoms with E-state index in [1.54, 1.807) is 6.92 Å². The first kappa shape index (κ1) is 20.2. The fourth-order valence-electron chi connectivity index (χ4n) is 3.48. The van der Waals surface area contributed by atoms with Crippen molar-refractivity contribution in [2.75, 3.05) is 5.75 Å². The summed E-state index contributed by atoms with van der Waals surface area (Å²) in [5, 5.41) is 13.1. The molecule has 3 rings (SSSR count). The maximum atomic E-state index is 12.4. The van der Waals surface area contributed by atoms with Crippen molar-refractivity contribution in [1.82, 2.24) is 5.32 Å². The summed E-state index contributed by atoms with van der Waals surface area (Å²) >= 11 is 0. The molecule has 1 aromatic carbocycles. The van der Waals surface area contributed by atoms with E-state index in [2.05, 4.69) is 5.32 Å². The van der Waals surface area contributed by atoms with E-state index in [4.69, 9.17) is 4.74 Å². The number of rotatable bonds is 5. The molecule has 0 radical (unpaired) electrons. The summed E-state index contributed by atoms with van der Waals surface area (Å²) in [7, 11) is -3.20.